The van der Waals surface area contributed by atoms with Crippen LogP contribution in [0.1, 0.15) is 27.0 Å². The maximum atomic E-state index is 12.0. The van der Waals surface area contributed by atoms with Gasteiger partial charge in [-0.3, -0.25) is 4.79 Å². The van der Waals surface area contributed by atoms with E-state index >= 15 is 0 Å². The molecule has 1 N–H and O–H groups in total. The summed E-state index contributed by atoms with van der Waals surface area (Å²) in [5, 5.41) is 0. The topological polar surface area (TPSA) is 72.5 Å². The van der Waals surface area contributed by atoms with Crippen molar-refractivity contribution in [3.63, 3.8) is 0 Å². The number of aryl methyl sites for hydroxylation is 1. The van der Waals surface area contributed by atoms with Gasteiger partial charge in [0.05, 0.1) is 17.7 Å². The van der Waals surface area contributed by atoms with Crippen molar-refractivity contribution >= 4 is 27.1 Å². The first-order valence-corrected chi connectivity index (χ1v) is 10.1. The molecule has 0 radical (unpaired) electrons. The Morgan fingerprint density at radius 2 is 1.83 bits per heavy atom. The summed E-state index contributed by atoms with van der Waals surface area (Å²) in [6.07, 6.45) is 1.03. The Balaban J connectivity index is 1.78. The Kier molecular flexibility index (Phi) is 6.53. The summed E-state index contributed by atoms with van der Waals surface area (Å²) in [4.78, 5) is 12.9. The third-order valence-corrected chi connectivity index (χ3v) is 6.15. The van der Waals surface area contributed by atoms with E-state index in [0.29, 0.717) is 24.3 Å². The van der Waals surface area contributed by atoms with Gasteiger partial charge < -0.3 is 4.74 Å². The Bertz CT molecular complexity index is 779. The van der Waals surface area contributed by atoms with Gasteiger partial charge in [0, 0.05) is 11.4 Å². The zero-order valence-electron chi connectivity index (χ0n) is 13.7. The van der Waals surface area contributed by atoms with Crippen LogP contribution in [0.15, 0.2) is 36.4 Å². The molecular formula is C17H21NO4S2. The van der Waals surface area contributed by atoms with E-state index in [4.69, 9.17) is 4.74 Å². The molecule has 24 heavy (non-hydrogen) atoms. The number of carbonyl (C=O) groups excluding carboxylic acids is 1. The molecule has 5 nitrogen and oxygen atoms in total. The van der Waals surface area contributed by atoms with Gasteiger partial charge in [-0.25, -0.2) is 13.1 Å². The Hall–Kier alpha value is -1.70. The second kappa shape index (κ2) is 8.41. The monoisotopic (exact) mass is 367 g/mol. The number of hydrogen-bond acceptors (Lipinski definition) is 5. The van der Waals surface area contributed by atoms with Crippen LogP contribution < -0.4 is 9.46 Å². The Morgan fingerprint density at radius 3 is 2.42 bits per heavy atom. The van der Waals surface area contributed by atoms with Crippen molar-refractivity contribution in [2.45, 2.75) is 19.8 Å². The molecule has 7 heteroatoms. The summed E-state index contributed by atoms with van der Waals surface area (Å²) in [5.74, 6) is 0.828. The lowest BCUT2D eigenvalue weighted by Gasteiger charge is -2.07. The number of sulfonamides is 1. The minimum absolute atomic E-state index is 0.0336. The average molecular weight is 367 g/mol. The number of benzene rings is 1. The molecule has 1 aromatic heterocycles. The largest absolute Gasteiger partial charge is 0.497 e. The fourth-order valence-corrected chi connectivity index (χ4v) is 4.11. The van der Waals surface area contributed by atoms with Crippen LogP contribution in [0.5, 0.6) is 5.75 Å². The van der Waals surface area contributed by atoms with Crippen LogP contribution in [0.2, 0.25) is 0 Å². The van der Waals surface area contributed by atoms with Crippen molar-refractivity contribution in [1.29, 1.82) is 0 Å². The second-order valence-electron chi connectivity index (χ2n) is 5.38. The van der Waals surface area contributed by atoms with Crippen molar-refractivity contribution in [3.05, 3.63) is 51.7 Å². The van der Waals surface area contributed by atoms with E-state index in [1.54, 1.807) is 13.2 Å². The molecular weight excluding hydrogens is 346 g/mol. The predicted octanol–water partition coefficient (Wildman–Crippen LogP) is 2.66. The first-order valence-electron chi connectivity index (χ1n) is 7.59. The number of carbonyl (C=O) groups is 1. The van der Waals surface area contributed by atoms with E-state index < -0.39 is 10.0 Å². The van der Waals surface area contributed by atoms with Crippen LogP contribution in [-0.4, -0.2) is 33.6 Å². The van der Waals surface area contributed by atoms with Crippen LogP contribution in [-0.2, 0) is 22.9 Å². The maximum absolute atomic E-state index is 12.0. The van der Waals surface area contributed by atoms with Crippen LogP contribution >= 0.6 is 11.3 Å². The molecule has 0 bridgehead atoms. The van der Waals surface area contributed by atoms with Crippen molar-refractivity contribution in [2.75, 3.05) is 19.4 Å². The minimum atomic E-state index is -3.32. The molecule has 0 saturated heterocycles. The molecule has 1 aromatic carbocycles. The Morgan fingerprint density at radius 1 is 1.12 bits per heavy atom. The molecule has 2 aromatic rings. The third kappa shape index (κ3) is 5.74. The first-order chi connectivity index (χ1) is 11.4. The summed E-state index contributed by atoms with van der Waals surface area (Å²) >= 11 is 1.41. The van der Waals surface area contributed by atoms with E-state index in [2.05, 4.69) is 4.72 Å². The van der Waals surface area contributed by atoms with Gasteiger partial charge in [0.2, 0.25) is 10.0 Å². The molecule has 0 unspecified atom stereocenters. The van der Waals surface area contributed by atoms with Crippen LogP contribution in [0.25, 0.3) is 0 Å². The molecule has 0 amide bonds. The minimum Gasteiger partial charge on any atom is -0.497 e. The number of thiophene rings is 1. The predicted molar refractivity (Wildman–Crippen MR) is 96.5 cm³/mol. The van der Waals surface area contributed by atoms with Gasteiger partial charge in [0.25, 0.3) is 0 Å². The van der Waals surface area contributed by atoms with Gasteiger partial charge >= 0.3 is 0 Å². The molecule has 0 fully saturated rings. The van der Waals surface area contributed by atoms with Gasteiger partial charge in [-0.15, -0.1) is 11.3 Å². The number of ketones is 1. The highest BCUT2D eigenvalue weighted by Gasteiger charge is 2.11. The van der Waals surface area contributed by atoms with Gasteiger partial charge in [0.15, 0.2) is 5.78 Å². The SMILES string of the molecule is COc1ccc(CCS(=O)(=O)NCCc2ccc(C(C)=O)s2)cc1. The number of ether oxygens (including phenoxy) is 1. The van der Waals surface area contributed by atoms with Gasteiger partial charge in [0.1, 0.15) is 5.75 Å². The van der Waals surface area contributed by atoms with Gasteiger partial charge in [-0.05, 0) is 49.6 Å². The van der Waals surface area contributed by atoms with E-state index in [1.807, 2.05) is 30.3 Å². The highest BCUT2D eigenvalue weighted by molar-refractivity contribution is 7.89. The first kappa shape index (κ1) is 18.6. The quantitative estimate of drug-likeness (QED) is 0.692. The van der Waals surface area contributed by atoms with E-state index in [1.165, 1.54) is 18.3 Å². The fraction of sp³-hybridized carbons (Fsp3) is 0.353. The van der Waals surface area contributed by atoms with Crippen molar-refractivity contribution in [3.8, 4) is 5.75 Å². The second-order valence-corrected chi connectivity index (χ2v) is 8.48. The number of nitrogens with one attached hydrogen (secondary N) is 1. The zero-order valence-corrected chi connectivity index (χ0v) is 15.4. The molecule has 0 aliphatic carbocycles. The van der Waals surface area contributed by atoms with E-state index in [0.717, 1.165) is 16.2 Å². The highest BCUT2D eigenvalue weighted by Crippen LogP contribution is 2.17. The summed E-state index contributed by atoms with van der Waals surface area (Å²) < 4.78 is 31.8. The molecule has 2 rings (SSSR count). The molecule has 0 spiro atoms. The normalized spacial score (nSPS) is 11.4. The van der Waals surface area contributed by atoms with Crippen molar-refractivity contribution < 1.29 is 17.9 Å². The standard InChI is InChI=1S/C17H21NO4S2/c1-13(19)17-8-7-16(23-17)9-11-18-24(20,21)12-10-14-3-5-15(22-2)6-4-14/h3-8,18H,9-12H2,1-2H3. The highest BCUT2D eigenvalue weighted by atomic mass is 32.2. The lowest BCUT2D eigenvalue weighted by molar-refractivity contribution is 0.102. The maximum Gasteiger partial charge on any atom is 0.211 e. The van der Waals surface area contributed by atoms with E-state index in [-0.39, 0.29) is 11.5 Å². The van der Waals surface area contributed by atoms with Crippen LogP contribution in [0.3, 0.4) is 0 Å². The number of methoxy groups -OCH3 is 1. The molecule has 0 saturated carbocycles. The number of rotatable bonds is 9. The van der Waals surface area contributed by atoms with Crippen molar-refractivity contribution in [2.24, 2.45) is 0 Å². The summed E-state index contributed by atoms with van der Waals surface area (Å²) in [6, 6.07) is 11.0. The van der Waals surface area contributed by atoms with Gasteiger partial charge in [-0.1, -0.05) is 12.1 Å². The number of hydrogen-bond donors (Lipinski definition) is 1. The summed E-state index contributed by atoms with van der Waals surface area (Å²) in [6.45, 7) is 1.86. The van der Waals surface area contributed by atoms with E-state index in [9.17, 15) is 13.2 Å². The number of Topliss-reactive ketones (excluding diaryl/α,β-unsaturated/α-hetero) is 1. The molecule has 1 heterocycles. The van der Waals surface area contributed by atoms with Crippen LogP contribution in [0.4, 0.5) is 0 Å². The zero-order chi connectivity index (χ0) is 17.6. The smallest absolute Gasteiger partial charge is 0.211 e. The molecule has 0 atom stereocenters. The molecule has 0 aliphatic rings. The van der Waals surface area contributed by atoms with Crippen LogP contribution in [0, 0.1) is 0 Å². The fourth-order valence-electron chi connectivity index (χ4n) is 2.15. The Labute approximate surface area is 146 Å². The molecule has 130 valence electrons. The molecule has 0 aliphatic heterocycles. The summed E-state index contributed by atoms with van der Waals surface area (Å²) in [5.41, 5.74) is 0.950. The lowest BCUT2D eigenvalue weighted by atomic mass is 10.2. The van der Waals surface area contributed by atoms with Crippen molar-refractivity contribution in [1.82, 2.24) is 4.72 Å². The third-order valence-electron chi connectivity index (χ3n) is 3.52. The summed E-state index contributed by atoms with van der Waals surface area (Å²) in [7, 11) is -1.73. The van der Waals surface area contributed by atoms with Gasteiger partial charge in [-0.2, -0.15) is 0 Å². The average Bonchev–Trinajstić information content (AvgIpc) is 3.02. The lowest BCUT2D eigenvalue weighted by Crippen LogP contribution is -2.29.